The average molecular weight is 318 g/mol. The molecule has 0 radical (unpaired) electrons. The van der Waals surface area contributed by atoms with Gasteiger partial charge < -0.3 is 5.11 Å². The molecule has 0 amide bonds. The molecule has 0 saturated carbocycles. The molecule has 1 unspecified atom stereocenters. The van der Waals surface area contributed by atoms with Crippen LogP contribution in [0.3, 0.4) is 0 Å². The highest BCUT2D eigenvalue weighted by atomic mass is 35.5. The molecule has 1 aliphatic heterocycles. The summed E-state index contributed by atoms with van der Waals surface area (Å²) in [4.78, 5) is 0.278. The fourth-order valence-corrected chi connectivity index (χ4v) is 4.55. The first-order valence-corrected chi connectivity index (χ1v) is 8.58. The minimum atomic E-state index is -3.50. The van der Waals surface area contributed by atoms with Crippen LogP contribution in [0.25, 0.3) is 0 Å². The van der Waals surface area contributed by atoms with E-state index in [4.69, 9.17) is 11.6 Å². The van der Waals surface area contributed by atoms with Gasteiger partial charge in [0, 0.05) is 18.1 Å². The molecule has 1 saturated heterocycles. The van der Waals surface area contributed by atoms with E-state index in [1.54, 1.807) is 26.0 Å². The van der Waals surface area contributed by atoms with Crippen molar-refractivity contribution in [3.63, 3.8) is 0 Å². The van der Waals surface area contributed by atoms with Crippen LogP contribution < -0.4 is 0 Å². The molecule has 1 heterocycles. The second kappa shape index (κ2) is 6.02. The van der Waals surface area contributed by atoms with Crippen LogP contribution in [0, 0.1) is 12.8 Å². The lowest BCUT2D eigenvalue weighted by Crippen LogP contribution is -2.40. The lowest BCUT2D eigenvalue weighted by Gasteiger charge is -2.32. The van der Waals surface area contributed by atoms with E-state index in [1.165, 1.54) is 10.4 Å². The molecular formula is C14H20ClNO3S. The predicted octanol–water partition coefficient (Wildman–Crippen LogP) is 2.43. The van der Waals surface area contributed by atoms with Crippen molar-refractivity contribution >= 4 is 21.6 Å². The van der Waals surface area contributed by atoms with Crippen molar-refractivity contribution in [2.45, 2.75) is 37.7 Å². The van der Waals surface area contributed by atoms with E-state index in [1.807, 2.05) is 0 Å². The van der Waals surface area contributed by atoms with Crippen molar-refractivity contribution < 1.29 is 13.5 Å². The topological polar surface area (TPSA) is 57.6 Å². The third kappa shape index (κ3) is 3.17. The van der Waals surface area contributed by atoms with E-state index in [0.29, 0.717) is 36.5 Å². The Hall–Kier alpha value is -0.620. The van der Waals surface area contributed by atoms with Crippen LogP contribution in [0.5, 0.6) is 0 Å². The van der Waals surface area contributed by atoms with E-state index in [9.17, 15) is 13.5 Å². The summed E-state index contributed by atoms with van der Waals surface area (Å²) >= 11 is 5.91. The van der Waals surface area contributed by atoms with Crippen LogP contribution in [-0.4, -0.2) is 37.0 Å². The molecule has 1 aromatic carbocycles. The van der Waals surface area contributed by atoms with Gasteiger partial charge in [-0.2, -0.15) is 4.31 Å². The van der Waals surface area contributed by atoms with Gasteiger partial charge in [0.1, 0.15) is 0 Å². The molecule has 0 bridgehead atoms. The Bertz CT molecular complexity index is 578. The molecule has 1 aliphatic rings. The van der Waals surface area contributed by atoms with Crippen LogP contribution in [0.1, 0.15) is 25.3 Å². The third-order valence-corrected chi connectivity index (χ3v) is 6.22. The van der Waals surface area contributed by atoms with Crippen LogP contribution >= 0.6 is 11.6 Å². The molecule has 6 heteroatoms. The highest BCUT2D eigenvalue weighted by Gasteiger charge is 2.31. The second-order valence-electron chi connectivity index (χ2n) is 5.39. The van der Waals surface area contributed by atoms with E-state index < -0.39 is 10.0 Å². The second-order valence-corrected chi connectivity index (χ2v) is 7.73. The van der Waals surface area contributed by atoms with Gasteiger partial charge in [-0.3, -0.25) is 0 Å². The normalized spacial score (nSPS) is 20.0. The first-order chi connectivity index (χ1) is 9.32. The summed E-state index contributed by atoms with van der Waals surface area (Å²) in [5, 5.41) is 10.0. The van der Waals surface area contributed by atoms with E-state index in [-0.39, 0.29) is 16.9 Å². The number of sulfonamides is 1. The zero-order chi connectivity index (χ0) is 14.9. The molecule has 0 spiro atoms. The number of piperidine rings is 1. The molecule has 0 aliphatic carbocycles. The zero-order valence-corrected chi connectivity index (χ0v) is 13.3. The molecule has 112 valence electrons. The fraction of sp³-hybridized carbons (Fsp3) is 0.571. The highest BCUT2D eigenvalue weighted by Crippen LogP contribution is 2.28. The maximum atomic E-state index is 12.6. The largest absolute Gasteiger partial charge is 0.393 e. The molecule has 2 rings (SSSR count). The number of aliphatic hydroxyl groups excluding tert-OH is 1. The molecule has 1 atom stereocenters. The molecule has 20 heavy (non-hydrogen) atoms. The zero-order valence-electron chi connectivity index (χ0n) is 11.7. The lowest BCUT2D eigenvalue weighted by atomic mass is 9.93. The van der Waals surface area contributed by atoms with Crippen molar-refractivity contribution in [2.24, 2.45) is 5.92 Å². The molecule has 1 aromatic rings. The van der Waals surface area contributed by atoms with Crippen molar-refractivity contribution in [2.75, 3.05) is 13.1 Å². The summed E-state index contributed by atoms with van der Waals surface area (Å²) in [6.45, 7) is 4.43. The Labute approximate surface area is 125 Å². The Balaban J connectivity index is 2.22. The summed E-state index contributed by atoms with van der Waals surface area (Å²) in [5.41, 5.74) is 0.701. The van der Waals surface area contributed by atoms with Crippen LogP contribution in [0.2, 0.25) is 5.02 Å². The number of aliphatic hydroxyl groups is 1. The number of aryl methyl sites for hydroxylation is 1. The van der Waals surface area contributed by atoms with Gasteiger partial charge in [0.15, 0.2) is 0 Å². The fourth-order valence-electron chi connectivity index (χ4n) is 2.59. The summed E-state index contributed by atoms with van der Waals surface area (Å²) in [6, 6.07) is 4.92. The van der Waals surface area contributed by atoms with Crippen molar-refractivity contribution in [3.05, 3.63) is 28.8 Å². The van der Waals surface area contributed by atoms with Crippen LogP contribution in [-0.2, 0) is 10.0 Å². The monoisotopic (exact) mass is 317 g/mol. The minimum absolute atomic E-state index is 0.182. The Morgan fingerprint density at radius 1 is 1.35 bits per heavy atom. The van der Waals surface area contributed by atoms with Gasteiger partial charge in [-0.25, -0.2) is 8.42 Å². The van der Waals surface area contributed by atoms with Crippen molar-refractivity contribution in [1.82, 2.24) is 4.31 Å². The quantitative estimate of drug-likeness (QED) is 0.931. The van der Waals surface area contributed by atoms with Gasteiger partial charge in [0.05, 0.1) is 11.0 Å². The first-order valence-electron chi connectivity index (χ1n) is 6.76. The number of benzene rings is 1. The molecule has 1 N–H and O–H groups in total. The summed E-state index contributed by atoms with van der Waals surface area (Å²) in [5.74, 6) is 0.182. The average Bonchev–Trinajstić information content (AvgIpc) is 2.41. The number of nitrogens with zero attached hydrogens (tertiary/aromatic N) is 1. The molecule has 1 fully saturated rings. The Morgan fingerprint density at radius 3 is 2.50 bits per heavy atom. The van der Waals surface area contributed by atoms with E-state index in [0.717, 1.165) is 0 Å². The Morgan fingerprint density at radius 2 is 1.95 bits per heavy atom. The molecule has 4 nitrogen and oxygen atoms in total. The summed E-state index contributed by atoms with van der Waals surface area (Å²) < 4.78 is 26.8. The summed E-state index contributed by atoms with van der Waals surface area (Å²) in [7, 11) is -3.50. The minimum Gasteiger partial charge on any atom is -0.393 e. The van der Waals surface area contributed by atoms with E-state index in [2.05, 4.69) is 0 Å². The van der Waals surface area contributed by atoms with Crippen LogP contribution in [0.4, 0.5) is 0 Å². The van der Waals surface area contributed by atoms with E-state index >= 15 is 0 Å². The molecule has 0 aromatic heterocycles. The Kier molecular flexibility index (Phi) is 4.74. The maximum Gasteiger partial charge on any atom is 0.243 e. The standard InChI is InChI=1S/C14H20ClNO3S/c1-10-3-4-13(15)9-14(10)20(18,19)16-7-5-12(6-8-16)11(2)17/h3-4,9,11-12,17H,5-8H2,1-2H3. The van der Waals surface area contributed by atoms with Gasteiger partial charge in [-0.1, -0.05) is 17.7 Å². The SMILES string of the molecule is Cc1ccc(Cl)cc1S(=O)(=O)N1CCC(C(C)O)CC1. The van der Waals surface area contributed by atoms with Gasteiger partial charge in [0.2, 0.25) is 10.0 Å². The molecular weight excluding hydrogens is 298 g/mol. The predicted molar refractivity (Wildman–Crippen MR) is 79.4 cm³/mol. The van der Waals surface area contributed by atoms with Gasteiger partial charge in [-0.15, -0.1) is 0 Å². The van der Waals surface area contributed by atoms with Crippen molar-refractivity contribution in [3.8, 4) is 0 Å². The lowest BCUT2D eigenvalue weighted by molar-refractivity contribution is 0.0912. The smallest absolute Gasteiger partial charge is 0.243 e. The summed E-state index contributed by atoms with van der Waals surface area (Å²) in [6.07, 6.45) is 1.00. The first kappa shape index (κ1) is 15.8. The maximum absolute atomic E-state index is 12.6. The number of hydrogen-bond acceptors (Lipinski definition) is 3. The van der Waals surface area contributed by atoms with Gasteiger partial charge in [-0.05, 0) is 50.3 Å². The van der Waals surface area contributed by atoms with Gasteiger partial charge in [0.25, 0.3) is 0 Å². The number of halogens is 1. The van der Waals surface area contributed by atoms with Gasteiger partial charge >= 0.3 is 0 Å². The number of rotatable bonds is 3. The third-order valence-electron chi connectivity index (χ3n) is 3.95. The highest BCUT2D eigenvalue weighted by molar-refractivity contribution is 7.89. The van der Waals surface area contributed by atoms with Crippen LogP contribution in [0.15, 0.2) is 23.1 Å². The number of hydrogen-bond donors (Lipinski definition) is 1. The van der Waals surface area contributed by atoms with Crippen molar-refractivity contribution in [1.29, 1.82) is 0 Å².